The highest BCUT2D eigenvalue weighted by Gasteiger charge is 2.11. The van der Waals surface area contributed by atoms with Crippen LogP contribution in [-0.2, 0) is 10.5 Å². The third-order valence-corrected chi connectivity index (χ3v) is 1.62. The van der Waals surface area contributed by atoms with E-state index in [1.54, 1.807) is 0 Å². The summed E-state index contributed by atoms with van der Waals surface area (Å²) in [5, 5.41) is 8.31. The lowest BCUT2D eigenvalue weighted by Gasteiger charge is -1.98. The second-order valence-electron chi connectivity index (χ2n) is 2.12. The van der Waals surface area contributed by atoms with E-state index < -0.39 is 16.4 Å². The Kier molecular flexibility index (Phi) is 3.26. The number of pyridine rings is 1. The highest BCUT2D eigenvalue weighted by Crippen LogP contribution is 2.15. The summed E-state index contributed by atoms with van der Waals surface area (Å²) in [6, 6.07) is 2.70. The first kappa shape index (κ1) is 10.3. The number of hydrogen-bond donors (Lipinski definition) is 2. The van der Waals surface area contributed by atoms with Gasteiger partial charge in [-0.2, -0.15) is 8.42 Å². The lowest BCUT2D eigenvalue weighted by atomic mass is 10.3. The van der Waals surface area contributed by atoms with Crippen LogP contribution in [0.1, 0.15) is 10.5 Å². The first-order valence-corrected chi connectivity index (χ1v) is 4.39. The number of carbonyl (C=O) groups is 1. The maximum Gasteiger partial charge on any atom is 0.316 e. The average molecular weight is 215 g/mol. The molecule has 1 heterocycles. The summed E-state index contributed by atoms with van der Waals surface area (Å²) in [7, 11) is -2.67. The largest absolute Gasteiger partial charge is 0.316 e. The Bertz CT molecular complexity index is 474. The van der Waals surface area contributed by atoms with E-state index in [-0.39, 0.29) is 11.4 Å². The lowest BCUT2D eigenvalue weighted by molar-refractivity contribution is 0.0701. The number of hydrogen-bond acceptors (Lipinski definition) is 6. The van der Waals surface area contributed by atoms with Crippen LogP contribution >= 0.6 is 0 Å². The molecule has 0 aliphatic carbocycles. The Hall–Kier alpha value is -1.80. The number of amides is 1. The minimum absolute atomic E-state index is 0.132. The molecule has 0 saturated heterocycles. The quantitative estimate of drug-likeness (QED) is 0.528. The van der Waals surface area contributed by atoms with Crippen LogP contribution in [-0.4, -0.2) is 24.5 Å². The van der Waals surface area contributed by atoms with E-state index in [4.69, 9.17) is 5.21 Å². The number of aromatic nitrogens is 1. The Morgan fingerprint density at radius 1 is 1.57 bits per heavy atom. The molecule has 0 aliphatic rings. The minimum atomic E-state index is -2.67. The molecule has 0 unspecified atom stereocenters. The molecule has 0 spiro atoms. The summed E-state index contributed by atoms with van der Waals surface area (Å²) < 4.78 is 23.6. The zero-order valence-corrected chi connectivity index (χ0v) is 7.52. The summed E-state index contributed by atoms with van der Waals surface area (Å²) in [6.07, 6.45) is 1.28. The van der Waals surface area contributed by atoms with Gasteiger partial charge in [-0.15, -0.1) is 4.36 Å². The average Bonchev–Trinajstić information content (AvgIpc) is 2.16. The zero-order chi connectivity index (χ0) is 10.6. The van der Waals surface area contributed by atoms with Crippen LogP contribution in [0.5, 0.6) is 0 Å². The second kappa shape index (κ2) is 4.44. The number of carbonyl (C=O) groups excluding carboxylic acids is 1. The molecule has 1 aromatic rings. The molecule has 74 valence electrons. The maximum absolute atomic E-state index is 10.9. The topological polar surface area (TPSA) is 109 Å². The molecule has 7 nitrogen and oxygen atoms in total. The van der Waals surface area contributed by atoms with Crippen molar-refractivity contribution in [2.75, 3.05) is 0 Å². The Morgan fingerprint density at radius 2 is 2.29 bits per heavy atom. The van der Waals surface area contributed by atoms with Crippen molar-refractivity contribution in [3.8, 4) is 0 Å². The molecular formula is C6H5N3O4S. The molecular weight excluding hydrogens is 210 g/mol. The maximum atomic E-state index is 10.9. The van der Waals surface area contributed by atoms with E-state index in [2.05, 4.69) is 9.35 Å². The van der Waals surface area contributed by atoms with E-state index in [0.717, 1.165) is 0 Å². The molecule has 0 aromatic carbocycles. The highest BCUT2D eigenvalue weighted by molar-refractivity contribution is 7.61. The van der Waals surface area contributed by atoms with Gasteiger partial charge in [-0.25, -0.2) is 10.5 Å². The molecule has 0 atom stereocenters. The number of hydroxylamine groups is 1. The fraction of sp³-hybridized carbons (Fsp3) is 0. The molecule has 14 heavy (non-hydrogen) atoms. The van der Waals surface area contributed by atoms with Crippen LogP contribution in [0.15, 0.2) is 22.7 Å². The van der Waals surface area contributed by atoms with Gasteiger partial charge in [-0.05, 0) is 12.1 Å². The van der Waals surface area contributed by atoms with Crippen molar-refractivity contribution in [1.82, 2.24) is 10.5 Å². The van der Waals surface area contributed by atoms with E-state index >= 15 is 0 Å². The van der Waals surface area contributed by atoms with Crippen LogP contribution < -0.4 is 5.48 Å². The van der Waals surface area contributed by atoms with Crippen LogP contribution in [0.3, 0.4) is 0 Å². The van der Waals surface area contributed by atoms with Gasteiger partial charge >= 0.3 is 10.5 Å². The summed E-state index contributed by atoms with van der Waals surface area (Å²) in [5.41, 5.74) is 0.936. The van der Waals surface area contributed by atoms with Gasteiger partial charge in [0, 0.05) is 6.20 Å². The molecule has 0 radical (unpaired) electrons. The van der Waals surface area contributed by atoms with Gasteiger partial charge in [0.05, 0.1) is 0 Å². The molecule has 2 N–H and O–H groups in total. The van der Waals surface area contributed by atoms with Crippen molar-refractivity contribution in [3.05, 3.63) is 24.0 Å². The van der Waals surface area contributed by atoms with E-state index in [1.165, 1.54) is 23.8 Å². The Labute approximate surface area is 80.1 Å². The second-order valence-corrected chi connectivity index (χ2v) is 2.74. The highest BCUT2D eigenvalue weighted by atomic mass is 32.2. The third-order valence-electron chi connectivity index (χ3n) is 1.28. The summed E-state index contributed by atoms with van der Waals surface area (Å²) in [4.78, 5) is 14.5. The molecule has 1 amide bonds. The van der Waals surface area contributed by atoms with Crippen molar-refractivity contribution in [2.45, 2.75) is 0 Å². The van der Waals surface area contributed by atoms with E-state index in [0.29, 0.717) is 0 Å². The van der Waals surface area contributed by atoms with Gasteiger partial charge < -0.3 is 0 Å². The van der Waals surface area contributed by atoms with Gasteiger partial charge in [0.2, 0.25) is 0 Å². The van der Waals surface area contributed by atoms with Crippen molar-refractivity contribution < 1.29 is 18.4 Å². The molecule has 0 bridgehead atoms. The van der Waals surface area contributed by atoms with Crippen LogP contribution in [0.25, 0.3) is 0 Å². The lowest BCUT2D eigenvalue weighted by Crippen LogP contribution is -2.19. The molecule has 0 fully saturated rings. The normalized spacial score (nSPS) is 9.21. The number of rotatable bonds is 2. The summed E-state index contributed by atoms with van der Waals surface area (Å²) in [6.45, 7) is 0. The standard InChI is InChI=1S/C6H5N3O4S/c10-6(8-11)5-4(9-14(12)13)2-1-3-7-5/h1-3,11H,(H,8,10). The smallest absolute Gasteiger partial charge is 0.288 e. The predicted molar refractivity (Wildman–Crippen MR) is 44.5 cm³/mol. The fourth-order valence-corrected chi connectivity index (χ4v) is 1.09. The monoisotopic (exact) mass is 215 g/mol. The van der Waals surface area contributed by atoms with Crippen LogP contribution in [0, 0.1) is 0 Å². The first-order chi connectivity index (χ1) is 6.65. The van der Waals surface area contributed by atoms with Gasteiger partial charge in [-0.1, -0.05) is 0 Å². The molecule has 1 rings (SSSR count). The third kappa shape index (κ3) is 2.34. The van der Waals surface area contributed by atoms with Gasteiger partial charge in [0.25, 0.3) is 5.91 Å². The molecule has 1 aromatic heterocycles. The van der Waals surface area contributed by atoms with Crippen molar-refractivity contribution in [2.24, 2.45) is 4.36 Å². The summed E-state index contributed by atoms with van der Waals surface area (Å²) in [5.74, 6) is -0.921. The SMILES string of the molecule is O=C(NO)c1ncccc1N=S(=O)=O. The van der Waals surface area contributed by atoms with E-state index in [9.17, 15) is 13.2 Å². The molecule has 8 heteroatoms. The molecule has 0 aliphatic heterocycles. The summed E-state index contributed by atoms with van der Waals surface area (Å²) >= 11 is 0. The fourth-order valence-electron chi connectivity index (χ4n) is 0.779. The Morgan fingerprint density at radius 3 is 2.86 bits per heavy atom. The van der Waals surface area contributed by atoms with E-state index in [1.807, 2.05) is 0 Å². The van der Waals surface area contributed by atoms with Gasteiger partial charge in [-0.3, -0.25) is 10.0 Å². The minimum Gasteiger partial charge on any atom is -0.288 e. The van der Waals surface area contributed by atoms with Crippen LogP contribution in [0.2, 0.25) is 0 Å². The van der Waals surface area contributed by atoms with Gasteiger partial charge in [0.15, 0.2) is 5.69 Å². The number of nitrogens with one attached hydrogen (secondary N) is 1. The van der Waals surface area contributed by atoms with Crippen molar-refractivity contribution in [3.63, 3.8) is 0 Å². The zero-order valence-electron chi connectivity index (χ0n) is 6.71. The molecule has 0 saturated carbocycles. The van der Waals surface area contributed by atoms with Crippen molar-refractivity contribution >= 4 is 22.1 Å². The van der Waals surface area contributed by atoms with Crippen LogP contribution in [0.4, 0.5) is 5.69 Å². The van der Waals surface area contributed by atoms with Gasteiger partial charge in [0.1, 0.15) is 5.69 Å². The Balaban J connectivity index is 3.30. The number of nitrogens with zero attached hydrogens (tertiary/aromatic N) is 2. The predicted octanol–water partition coefficient (Wildman–Crippen LogP) is -0.105. The first-order valence-electron chi connectivity index (χ1n) is 3.35. The van der Waals surface area contributed by atoms with Crippen molar-refractivity contribution in [1.29, 1.82) is 0 Å².